The van der Waals surface area contributed by atoms with E-state index < -0.39 is 0 Å². The van der Waals surface area contributed by atoms with Crippen molar-refractivity contribution in [2.75, 3.05) is 7.05 Å². The van der Waals surface area contributed by atoms with Crippen molar-refractivity contribution in [3.63, 3.8) is 0 Å². The first-order chi connectivity index (χ1) is 10.2. The third-order valence-electron chi connectivity index (χ3n) is 3.27. The molecule has 3 rings (SSSR count). The number of hydrogen-bond acceptors (Lipinski definition) is 3. The molecule has 1 aromatic heterocycles. The molecule has 0 bridgehead atoms. The molecule has 0 N–H and O–H groups in total. The van der Waals surface area contributed by atoms with Gasteiger partial charge in [0.1, 0.15) is 16.2 Å². The minimum atomic E-state index is 0.400. The Morgan fingerprint density at radius 1 is 1.38 bits per heavy atom. The summed E-state index contributed by atoms with van der Waals surface area (Å²) >= 11 is 3.55. The molecule has 106 valence electrons. The van der Waals surface area contributed by atoms with Crippen molar-refractivity contribution in [1.29, 1.82) is 0 Å². The summed E-state index contributed by atoms with van der Waals surface area (Å²) in [7, 11) is 1.72. The molecular formula is C16H14BrN3O. The van der Waals surface area contributed by atoms with Crippen LogP contribution >= 0.6 is 15.9 Å². The summed E-state index contributed by atoms with van der Waals surface area (Å²) < 4.78 is 8.49. The van der Waals surface area contributed by atoms with Gasteiger partial charge in [-0.1, -0.05) is 36.9 Å². The van der Waals surface area contributed by atoms with Crippen LogP contribution in [-0.2, 0) is 11.5 Å². The van der Waals surface area contributed by atoms with Gasteiger partial charge in [-0.15, -0.1) is 0 Å². The smallest absolute Gasteiger partial charge is 0.167 e. The predicted octanol–water partition coefficient (Wildman–Crippen LogP) is 3.90. The molecule has 0 aliphatic carbocycles. The van der Waals surface area contributed by atoms with Gasteiger partial charge < -0.3 is 4.74 Å². The molecule has 0 amide bonds. The fourth-order valence-corrected chi connectivity index (χ4v) is 2.90. The van der Waals surface area contributed by atoms with Crippen LogP contribution in [-0.4, -0.2) is 22.8 Å². The molecule has 0 atom stereocenters. The number of halogens is 1. The molecule has 0 saturated heterocycles. The predicted molar refractivity (Wildman–Crippen MR) is 88.0 cm³/mol. The number of rotatable bonds is 2. The number of aromatic nitrogens is 2. The Morgan fingerprint density at radius 2 is 2.14 bits per heavy atom. The van der Waals surface area contributed by atoms with Crippen LogP contribution in [0.3, 0.4) is 0 Å². The normalized spacial score (nSPS) is 16.3. The van der Waals surface area contributed by atoms with Crippen LogP contribution < -0.4 is 0 Å². The average Bonchev–Trinajstić information content (AvgIpc) is 2.83. The lowest BCUT2D eigenvalue weighted by Crippen LogP contribution is -2.15. The summed E-state index contributed by atoms with van der Waals surface area (Å²) in [5.74, 6) is 1.44. The second-order valence-corrected chi connectivity index (χ2v) is 5.30. The van der Waals surface area contributed by atoms with Gasteiger partial charge in [-0.25, -0.2) is 4.98 Å². The van der Waals surface area contributed by atoms with Crippen molar-refractivity contribution in [1.82, 2.24) is 9.55 Å². The molecular weight excluding hydrogens is 330 g/mol. The van der Waals surface area contributed by atoms with Gasteiger partial charge in [0.05, 0.1) is 11.3 Å². The number of aliphatic imine (C=N–C) groups is 1. The first-order valence-corrected chi connectivity index (χ1v) is 7.28. The summed E-state index contributed by atoms with van der Waals surface area (Å²) in [5.41, 5.74) is 2.93. The van der Waals surface area contributed by atoms with Crippen LogP contribution in [0.4, 0.5) is 0 Å². The van der Waals surface area contributed by atoms with Crippen molar-refractivity contribution in [2.24, 2.45) is 4.99 Å². The second kappa shape index (κ2) is 5.69. The molecule has 2 aromatic rings. The van der Waals surface area contributed by atoms with Gasteiger partial charge in [-0.2, -0.15) is 0 Å². The minimum absolute atomic E-state index is 0.400. The lowest BCUT2D eigenvalue weighted by molar-refractivity contribution is 0.148. The molecule has 2 heterocycles. The Bertz CT molecular complexity index is 744. The number of hydrogen-bond donors (Lipinski definition) is 0. The molecule has 0 unspecified atom stereocenters. The largest absolute Gasteiger partial charge is 0.473 e. The number of fused-ring (bicyclic) bond motifs is 1. The van der Waals surface area contributed by atoms with E-state index in [2.05, 4.69) is 44.6 Å². The third kappa shape index (κ3) is 2.45. The maximum Gasteiger partial charge on any atom is 0.167 e. The summed E-state index contributed by atoms with van der Waals surface area (Å²) in [6, 6.07) is 10.1. The van der Waals surface area contributed by atoms with Crippen molar-refractivity contribution in [2.45, 2.75) is 6.73 Å². The van der Waals surface area contributed by atoms with Crippen molar-refractivity contribution >= 4 is 27.7 Å². The van der Waals surface area contributed by atoms with Gasteiger partial charge in [0.15, 0.2) is 6.73 Å². The quantitative estimate of drug-likeness (QED) is 0.775. The van der Waals surface area contributed by atoms with E-state index in [4.69, 9.17) is 4.74 Å². The second-order valence-electron chi connectivity index (χ2n) is 4.55. The number of imidazole rings is 1. The summed E-state index contributed by atoms with van der Waals surface area (Å²) in [6.45, 7) is 4.34. The van der Waals surface area contributed by atoms with Crippen molar-refractivity contribution < 1.29 is 4.74 Å². The zero-order chi connectivity index (χ0) is 14.8. The lowest BCUT2D eigenvalue weighted by Gasteiger charge is -2.22. The van der Waals surface area contributed by atoms with E-state index in [1.807, 2.05) is 28.8 Å². The molecule has 4 nitrogen and oxygen atoms in total. The Hall–Kier alpha value is -2.14. The fourth-order valence-electron chi connectivity index (χ4n) is 2.29. The Morgan fingerprint density at radius 3 is 2.86 bits per heavy atom. The zero-order valence-corrected chi connectivity index (χ0v) is 13.2. The monoisotopic (exact) mass is 343 g/mol. The van der Waals surface area contributed by atoms with Gasteiger partial charge in [0, 0.05) is 18.8 Å². The van der Waals surface area contributed by atoms with Gasteiger partial charge >= 0.3 is 0 Å². The van der Waals surface area contributed by atoms with Gasteiger partial charge in [-0.3, -0.25) is 9.56 Å². The number of benzene rings is 1. The highest BCUT2D eigenvalue weighted by Crippen LogP contribution is 2.36. The standard InChI is InChI=1S/C16H14BrN3O/c1-11-13(8-9-18-2)16-19-15(17)14(20(16)10-21-11)12-6-4-3-5-7-12/h3-9H,1,10H2,2H3/b13-8+,18-9?. The molecule has 0 fully saturated rings. The van der Waals surface area contributed by atoms with E-state index in [1.165, 1.54) is 0 Å². The number of allylic oxidation sites excluding steroid dienone is 2. The van der Waals surface area contributed by atoms with E-state index in [1.54, 1.807) is 13.3 Å². The molecule has 1 aliphatic rings. The van der Waals surface area contributed by atoms with E-state index in [0.717, 1.165) is 27.3 Å². The molecule has 1 aromatic carbocycles. The Labute approximate surface area is 131 Å². The van der Waals surface area contributed by atoms with E-state index in [0.29, 0.717) is 12.5 Å². The first kappa shape index (κ1) is 13.8. The Kier molecular flexibility index (Phi) is 3.75. The lowest BCUT2D eigenvalue weighted by atomic mass is 10.1. The first-order valence-electron chi connectivity index (χ1n) is 6.48. The third-order valence-corrected chi connectivity index (χ3v) is 3.82. The SMILES string of the molecule is C=C1OCn2c(nc(Br)c2-c2ccccc2)/C1=C/C=NC. The number of nitrogens with zero attached hydrogens (tertiary/aromatic N) is 3. The van der Waals surface area contributed by atoms with Crippen LogP contribution in [0.15, 0.2) is 58.3 Å². The topological polar surface area (TPSA) is 39.4 Å². The molecule has 21 heavy (non-hydrogen) atoms. The molecule has 0 radical (unpaired) electrons. The van der Waals surface area contributed by atoms with Gasteiger partial charge in [0.25, 0.3) is 0 Å². The molecule has 0 spiro atoms. The summed E-state index contributed by atoms with van der Waals surface area (Å²) in [5, 5.41) is 0. The average molecular weight is 344 g/mol. The maximum absolute atomic E-state index is 5.67. The summed E-state index contributed by atoms with van der Waals surface area (Å²) in [4.78, 5) is 8.60. The van der Waals surface area contributed by atoms with E-state index in [-0.39, 0.29) is 0 Å². The van der Waals surface area contributed by atoms with Crippen LogP contribution in [0.1, 0.15) is 5.82 Å². The zero-order valence-electron chi connectivity index (χ0n) is 11.6. The fraction of sp³-hybridized carbons (Fsp3) is 0.125. The van der Waals surface area contributed by atoms with Crippen LogP contribution in [0.2, 0.25) is 0 Å². The molecule has 5 heteroatoms. The van der Waals surface area contributed by atoms with Crippen molar-refractivity contribution in [3.05, 3.63) is 59.2 Å². The highest BCUT2D eigenvalue weighted by Gasteiger charge is 2.25. The summed E-state index contributed by atoms with van der Waals surface area (Å²) in [6.07, 6.45) is 3.58. The van der Waals surface area contributed by atoms with Gasteiger partial charge in [0.2, 0.25) is 0 Å². The van der Waals surface area contributed by atoms with Crippen LogP contribution in [0, 0.1) is 0 Å². The highest BCUT2D eigenvalue weighted by atomic mass is 79.9. The van der Waals surface area contributed by atoms with E-state index in [9.17, 15) is 0 Å². The minimum Gasteiger partial charge on any atom is -0.473 e. The maximum atomic E-state index is 5.67. The Balaban J connectivity index is 2.18. The number of ether oxygens (including phenoxy) is 1. The van der Waals surface area contributed by atoms with Crippen LogP contribution in [0.25, 0.3) is 16.8 Å². The van der Waals surface area contributed by atoms with Gasteiger partial charge in [-0.05, 0) is 22.0 Å². The van der Waals surface area contributed by atoms with E-state index >= 15 is 0 Å². The van der Waals surface area contributed by atoms with Crippen LogP contribution in [0.5, 0.6) is 0 Å². The highest BCUT2D eigenvalue weighted by molar-refractivity contribution is 9.10. The molecule has 1 aliphatic heterocycles. The molecule has 0 saturated carbocycles. The van der Waals surface area contributed by atoms with Crippen molar-refractivity contribution in [3.8, 4) is 11.3 Å².